The summed E-state index contributed by atoms with van der Waals surface area (Å²) in [5, 5.41) is 4.17. The Labute approximate surface area is 247 Å². The molecule has 6 rings (SSSR count). The van der Waals surface area contributed by atoms with Gasteiger partial charge in [-0.3, -0.25) is 0 Å². The third-order valence-corrected chi connectivity index (χ3v) is 13.4. The number of carbonyl (C=O) groups is 1. The number of rotatable bonds is 9. The molecule has 0 N–H and O–H groups in total. The fraction of sp³-hybridized carbons (Fsp3) is 0. The van der Waals surface area contributed by atoms with E-state index in [2.05, 4.69) is 97.1 Å². The Morgan fingerprint density at radius 3 is 1.02 bits per heavy atom. The van der Waals surface area contributed by atoms with Crippen molar-refractivity contribution in [1.29, 1.82) is 0 Å². The van der Waals surface area contributed by atoms with E-state index in [-0.39, 0.29) is 5.78 Å². The van der Waals surface area contributed by atoms with Crippen molar-refractivity contribution in [2.75, 3.05) is 0 Å². The van der Waals surface area contributed by atoms with E-state index in [1.54, 1.807) is 6.08 Å². The van der Waals surface area contributed by atoms with Gasteiger partial charge in [0.25, 0.3) is 0 Å². The molecule has 0 aromatic heterocycles. The summed E-state index contributed by atoms with van der Waals surface area (Å²) in [7, 11) is 0. The zero-order chi connectivity index (χ0) is 28.7. The summed E-state index contributed by atoms with van der Waals surface area (Å²) >= 11 is 0. The average Bonchev–Trinajstić information content (AvgIpc) is 3.09. The normalized spacial score (nSPS) is 12.6. The van der Waals surface area contributed by atoms with Gasteiger partial charge < -0.3 is 0 Å². The molecule has 42 heavy (non-hydrogen) atoms. The van der Waals surface area contributed by atoms with Crippen LogP contribution in [0.3, 0.4) is 0 Å². The van der Waals surface area contributed by atoms with Gasteiger partial charge in [0.05, 0.1) is 0 Å². The molecule has 0 heterocycles. The topological polar surface area (TPSA) is 26.3 Å². The zero-order valence-electron chi connectivity index (χ0n) is 23.2. The molecule has 0 spiro atoms. The van der Waals surface area contributed by atoms with Crippen LogP contribution in [-0.4, -0.2) is 5.78 Å². The molecule has 0 aliphatic heterocycles. The summed E-state index contributed by atoms with van der Waals surface area (Å²) in [6.07, 6.45) is 1.66. The van der Waals surface area contributed by atoms with Gasteiger partial charge in [-0.1, -0.05) is 0 Å². The molecule has 0 aliphatic carbocycles. The molecule has 0 saturated carbocycles. The SMILES string of the molecule is O=C(/C=C(/OP(c1ccccc1)(c1ccccc1)(c1ccccc1)c1ccccc1)c1ccccc1)c1ccccc1. The second-order valence-corrected chi connectivity index (χ2v) is 14.4. The Morgan fingerprint density at radius 2 is 0.690 bits per heavy atom. The predicted octanol–water partition coefficient (Wildman–Crippen LogP) is 7.70. The quantitative estimate of drug-likeness (QED) is 0.0781. The van der Waals surface area contributed by atoms with Crippen LogP contribution in [-0.2, 0) is 4.52 Å². The van der Waals surface area contributed by atoms with E-state index < -0.39 is 6.83 Å². The number of benzene rings is 6. The first-order valence-corrected chi connectivity index (χ1v) is 16.2. The molecular formula is C39H31O2P. The molecule has 0 radical (unpaired) electrons. The average molecular weight is 563 g/mol. The summed E-state index contributed by atoms with van der Waals surface area (Å²) in [6, 6.07) is 61.2. The van der Waals surface area contributed by atoms with Gasteiger partial charge in [-0.05, 0) is 0 Å². The summed E-state index contributed by atoms with van der Waals surface area (Å²) in [6.45, 7) is -4.03. The van der Waals surface area contributed by atoms with Crippen LogP contribution < -0.4 is 21.2 Å². The second-order valence-electron chi connectivity index (χ2n) is 10.1. The van der Waals surface area contributed by atoms with Crippen molar-refractivity contribution in [1.82, 2.24) is 0 Å². The Balaban J connectivity index is 1.77. The maximum atomic E-state index is 13.8. The van der Waals surface area contributed by atoms with Crippen molar-refractivity contribution < 1.29 is 9.32 Å². The summed E-state index contributed by atoms with van der Waals surface area (Å²) in [4.78, 5) is 13.8. The fourth-order valence-electron chi connectivity index (χ4n) is 5.72. The van der Waals surface area contributed by atoms with E-state index >= 15 is 0 Å². The van der Waals surface area contributed by atoms with Crippen LogP contribution in [0.15, 0.2) is 188 Å². The molecule has 0 bridgehead atoms. The van der Waals surface area contributed by atoms with E-state index in [1.807, 2.05) is 84.9 Å². The predicted molar refractivity (Wildman–Crippen MR) is 178 cm³/mol. The van der Waals surface area contributed by atoms with Gasteiger partial charge in [-0.25, -0.2) is 0 Å². The number of hydrogen-bond acceptors (Lipinski definition) is 2. The molecule has 6 aromatic carbocycles. The van der Waals surface area contributed by atoms with Crippen LogP contribution in [0.4, 0.5) is 0 Å². The van der Waals surface area contributed by atoms with Crippen LogP contribution in [0, 0.1) is 0 Å². The van der Waals surface area contributed by atoms with Crippen LogP contribution in [0.5, 0.6) is 0 Å². The molecule has 0 unspecified atom stereocenters. The van der Waals surface area contributed by atoms with E-state index in [4.69, 9.17) is 4.52 Å². The Hall–Kier alpha value is -5.04. The summed E-state index contributed by atoms with van der Waals surface area (Å²) in [5.41, 5.74) is 1.43. The van der Waals surface area contributed by atoms with Gasteiger partial charge in [0.1, 0.15) is 0 Å². The molecule has 0 fully saturated rings. The van der Waals surface area contributed by atoms with Crippen molar-refractivity contribution in [2.45, 2.75) is 0 Å². The van der Waals surface area contributed by atoms with Gasteiger partial charge >= 0.3 is 248 Å². The number of carbonyl (C=O) groups excluding carboxylic acids is 1. The molecule has 0 amide bonds. The van der Waals surface area contributed by atoms with Crippen LogP contribution in [0.2, 0.25) is 0 Å². The Morgan fingerprint density at radius 1 is 0.405 bits per heavy atom. The van der Waals surface area contributed by atoms with Gasteiger partial charge in [-0.2, -0.15) is 0 Å². The Bertz CT molecular complexity index is 1620. The third kappa shape index (κ3) is 4.67. The van der Waals surface area contributed by atoms with Gasteiger partial charge in [-0.15, -0.1) is 0 Å². The van der Waals surface area contributed by atoms with E-state index in [0.29, 0.717) is 11.3 Å². The molecule has 2 nitrogen and oxygen atoms in total. The number of allylic oxidation sites excluding steroid dienone is 1. The molecule has 0 aliphatic rings. The fourth-order valence-corrected chi connectivity index (χ4v) is 11.4. The third-order valence-electron chi connectivity index (χ3n) is 7.66. The number of ketones is 1. The van der Waals surface area contributed by atoms with E-state index in [0.717, 1.165) is 26.8 Å². The summed E-state index contributed by atoms with van der Waals surface area (Å²) in [5.74, 6) is 0.399. The van der Waals surface area contributed by atoms with Crippen molar-refractivity contribution in [2.24, 2.45) is 0 Å². The van der Waals surface area contributed by atoms with Crippen LogP contribution >= 0.6 is 6.83 Å². The Kier molecular flexibility index (Phi) is 7.64. The molecule has 6 aromatic rings. The minimum atomic E-state index is -4.03. The van der Waals surface area contributed by atoms with Crippen LogP contribution in [0.1, 0.15) is 15.9 Å². The first kappa shape index (κ1) is 27.1. The van der Waals surface area contributed by atoms with Crippen molar-refractivity contribution in [3.8, 4) is 0 Å². The zero-order valence-corrected chi connectivity index (χ0v) is 24.1. The van der Waals surface area contributed by atoms with Crippen LogP contribution in [0.25, 0.3) is 5.76 Å². The molecule has 0 atom stereocenters. The molecule has 0 saturated heterocycles. The standard InChI is InChI=1S/C39H31O2P/c40-38(32-19-7-1-8-20-32)31-39(33-21-9-2-10-22-33)41-42(34-23-11-3-12-24-34,35-25-13-4-14-26-35,36-27-15-5-16-28-36)37-29-17-6-18-30-37/h1-31H/b39-31+. The number of hydrogen-bond donors (Lipinski definition) is 0. The van der Waals surface area contributed by atoms with Gasteiger partial charge in [0.15, 0.2) is 0 Å². The second kappa shape index (κ2) is 11.8. The van der Waals surface area contributed by atoms with E-state index in [1.165, 1.54) is 0 Å². The minimum absolute atomic E-state index is 0.117. The first-order chi connectivity index (χ1) is 20.7. The van der Waals surface area contributed by atoms with Gasteiger partial charge in [0, 0.05) is 0 Å². The van der Waals surface area contributed by atoms with Crippen molar-refractivity contribution in [3.05, 3.63) is 199 Å². The van der Waals surface area contributed by atoms with Gasteiger partial charge in [0.2, 0.25) is 0 Å². The molecule has 204 valence electrons. The monoisotopic (exact) mass is 562 g/mol. The van der Waals surface area contributed by atoms with Crippen molar-refractivity contribution in [3.63, 3.8) is 0 Å². The summed E-state index contributed by atoms with van der Waals surface area (Å²) < 4.78 is 7.82. The maximum absolute atomic E-state index is 13.8. The first-order valence-electron chi connectivity index (χ1n) is 14.0. The van der Waals surface area contributed by atoms with E-state index in [9.17, 15) is 4.79 Å². The molecular weight excluding hydrogens is 531 g/mol. The molecule has 3 heteroatoms. The van der Waals surface area contributed by atoms with Crippen molar-refractivity contribution >= 4 is 39.6 Å².